The molecule has 0 fully saturated rings. The van der Waals surface area contributed by atoms with Crippen LogP contribution in [0.2, 0.25) is 0 Å². The molecule has 1 amide bonds. The first kappa shape index (κ1) is 22.3. The lowest BCUT2D eigenvalue weighted by Crippen LogP contribution is -2.14. The highest BCUT2D eigenvalue weighted by molar-refractivity contribution is 8.00. The van der Waals surface area contributed by atoms with Gasteiger partial charge in [0.1, 0.15) is 22.4 Å². The molecule has 0 atom stereocenters. The highest BCUT2D eigenvalue weighted by Crippen LogP contribution is 2.34. The van der Waals surface area contributed by atoms with Crippen LogP contribution in [-0.2, 0) is 4.79 Å². The normalized spacial score (nSPS) is 10.7. The minimum Gasteiger partial charge on any atom is -0.423 e. The first-order valence-corrected chi connectivity index (χ1v) is 11.6. The third-order valence-electron chi connectivity index (χ3n) is 5.18. The fraction of sp³-hybridized carbons (Fsp3) is 0.0370. The van der Waals surface area contributed by atoms with Gasteiger partial charge in [-0.15, -0.1) is 0 Å². The zero-order valence-electron chi connectivity index (χ0n) is 18.2. The molecule has 0 saturated carbocycles. The predicted molar refractivity (Wildman–Crippen MR) is 133 cm³/mol. The van der Waals surface area contributed by atoms with Gasteiger partial charge in [0.05, 0.1) is 17.0 Å². The molecule has 2 aromatic heterocycles. The van der Waals surface area contributed by atoms with Crippen molar-refractivity contribution in [2.45, 2.75) is 5.03 Å². The number of pyridine rings is 1. The van der Waals surface area contributed by atoms with Crippen molar-refractivity contribution in [3.8, 4) is 28.5 Å². The van der Waals surface area contributed by atoms with E-state index >= 15 is 0 Å². The number of hydrogen-bond acceptors (Lipinski definition) is 6. The van der Waals surface area contributed by atoms with Gasteiger partial charge < -0.3 is 4.42 Å². The van der Waals surface area contributed by atoms with Gasteiger partial charge in [0, 0.05) is 11.1 Å². The molecule has 2 heterocycles. The smallest absolute Gasteiger partial charge is 0.302 e. The molecule has 170 valence electrons. The summed E-state index contributed by atoms with van der Waals surface area (Å²) in [6.07, 6.45) is 0. The zero-order chi connectivity index (χ0) is 24.2. The van der Waals surface area contributed by atoms with Crippen LogP contribution in [-0.4, -0.2) is 21.6 Å². The number of oxazole rings is 1. The van der Waals surface area contributed by atoms with E-state index in [-0.39, 0.29) is 23.2 Å². The van der Waals surface area contributed by atoms with E-state index in [1.54, 1.807) is 30.3 Å². The fourth-order valence-corrected chi connectivity index (χ4v) is 4.39. The standard InChI is InChI=1S/C27H17FN4O2S/c28-19-10-6-9-18(13-19)20-14-23(17-7-2-1-3-8-17)30-26(21(20)15-29)35-16-25(33)32-27-31-22-11-4-5-12-24(22)34-27/h1-14H,16H2,(H,31,32,33). The maximum Gasteiger partial charge on any atom is 0.302 e. The zero-order valence-corrected chi connectivity index (χ0v) is 19.1. The molecule has 1 N–H and O–H groups in total. The van der Waals surface area contributed by atoms with Crippen molar-refractivity contribution in [1.29, 1.82) is 5.26 Å². The minimum absolute atomic E-state index is 0.0265. The SMILES string of the molecule is N#Cc1c(-c2cccc(F)c2)cc(-c2ccccc2)nc1SCC(=O)Nc1nc2ccccc2o1. The molecule has 0 unspecified atom stereocenters. The molecule has 0 aliphatic rings. The Morgan fingerprint density at radius 1 is 0.971 bits per heavy atom. The van der Waals surface area contributed by atoms with Gasteiger partial charge in [0.25, 0.3) is 0 Å². The highest BCUT2D eigenvalue weighted by atomic mass is 32.2. The predicted octanol–water partition coefficient (Wildman–Crippen LogP) is 6.30. The number of nitrogens with one attached hydrogen (secondary N) is 1. The summed E-state index contributed by atoms with van der Waals surface area (Å²) < 4.78 is 19.5. The average Bonchev–Trinajstić information content (AvgIpc) is 3.29. The number of halogens is 1. The van der Waals surface area contributed by atoms with Gasteiger partial charge >= 0.3 is 6.01 Å². The third-order valence-corrected chi connectivity index (χ3v) is 6.16. The maximum atomic E-state index is 14.0. The van der Waals surface area contributed by atoms with Crippen LogP contribution in [0.1, 0.15) is 5.56 Å². The van der Waals surface area contributed by atoms with Gasteiger partial charge in [-0.1, -0.05) is 66.4 Å². The van der Waals surface area contributed by atoms with E-state index in [9.17, 15) is 14.4 Å². The van der Waals surface area contributed by atoms with Crippen LogP contribution >= 0.6 is 11.8 Å². The molecule has 0 spiro atoms. The second kappa shape index (κ2) is 9.79. The van der Waals surface area contributed by atoms with Crippen molar-refractivity contribution in [1.82, 2.24) is 9.97 Å². The summed E-state index contributed by atoms with van der Waals surface area (Å²) in [4.78, 5) is 21.5. The summed E-state index contributed by atoms with van der Waals surface area (Å²) >= 11 is 1.12. The van der Waals surface area contributed by atoms with Crippen LogP contribution in [0.5, 0.6) is 0 Å². The first-order chi connectivity index (χ1) is 17.1. The first-order valence-electron chi connectivity index (χ1n) is 10.7. The van der Waals surface area contributed by atoms with Crippen LogP contribution in [0, 0.1) is 17.1 Å². The Balaban J connectivity index is 1.46. The van der Waals surface area contributed by atoms with E-state index in [1.165, 1.54) is 12.1 Å². The largest absolute Gasteiger partial charge is 0.423 e. The van der Waals surface area contributed by atoms with Crippen molar-refractivity contribution < 1.29 is 13.6 Å². The Hall–Kier alpha value is -4.48. The van der Waals surface area contributed by atoms with E-state index in [1.807, 2.05) is 42.5 Å². The van der Waals surface area contributed by atoms with Crippen LogP contribution in [0.3, 0.4) is 0 Å². The van der Waals surface area contributed by atoms with Crippen LogP contribution in [0.15, 0.2) is 94.4 Å². The minimum atomic E-state index is -0.406. The van der Waals surface area contributed by atoms with Crippen LogP contribution in [0.25, 0.3) is 33.5 Å². The number of nitrogens with zero attached hydrogens (tertiary/aromatic N) is 3. The number of aromatic nitrogens is 2. The van der Waals surface area contributed by atoms with Crippen molar-refractivity contribution >= 4 is 34.8 Å². The Morgan fingerprint density at radius 3 is 2.51 bits per heavy atom. The van der Waals surface area contributed by atoms with E-state index in [0.29, 0.717) is 32.9 Å². The molecular formula is C27H17FN4O2S. The molecule has 35 heavy (non-hydrogen) atoms. The molecule has 6 nitrogen and oxygen atoms in total. The Kier molecular flexibility index (Phi) is 6.24. The number of benzene rings is 3. The molecule has 0 saturated heterocycles. The second-order valence-electron chi connectivity index (χ2n) is 7.55. The molecule has 8 heteroatoms. The summed E-state index contributed by atoms with van der Waals surface area (Å²) in [6, 6.07) is 26.8. The topological polar surface area (TPSA) is 91.8 Å². The second-order valence-corrected chi connectivity index (χ2v) is 8.51. The lowest BCUT2D eigenvalue weighted by molar-refractivity contribution is -0.113. The number of para-hydroxylation sites is 2. The molecule has 5 rings (SSSR count). The lowest BCUT2D eigenvalue weighted by atomic mass is 9.99. The monoisotopic (exact) mass is 480 g/mol. The quantitative estimate of drug-likeness (QED) is 0.287. The van der Waals surface area contributed by atoms with Crippen LogP contribution in [0.4, 0.5) is 10.4 Å². The fourth-order valence-electron chi connectivity index (χ4n) is 3.59. The number of carbonyl (C=O) groups excluding carboxylic acids is 1. The molecule has 3 aromatic carbocycles. The summed E-state index contributed by atoms with van der Waals surface area (Å²) in [5.41, 5.74) is 4.04. The number of anilines is 1. The average molecular weight is 481 g/mol. The van der Waals surface area contributed by atoms with Crippen LogP contribution < -0.4 is 5.32 Å². The number of carbonyl (C=O) groups is 1. The number of amides is 1. The van der Waals surface area contributed by atoms with Crippen molar-refractivity contribution in [3.05, 3.63) is 96.3 Å². The van der Waals surface area contributed by atoms with E-state index in [2.05, 4.69) is 21.4 Å². The Bertz CT molecular complexity index is 1540. The highest BCUT2D eigenvalue weighted by Gasteiger charge is 2.18. The molecular weight excluding hydrogens is 463 g/mol. The van der Waals surface area contributed by atoms with Crippen molar-refractivity contribution in [2.24, 2.45) is 0 Å². The molecule has 0 bridgehead atoms. The van der Waals surface area contributed by atoms with Gasteiger partial charge in [-0.3, -0.25) is 10.1 Å². The van der Waals surface area contributed by atoms with Gasteiger partial charge in [0.2, 0.25) is 5.91 Å². The summed E-state index contributed by atoms with van der Waals surface area (Å²) in [6.45, 7) is 0. The Morgan fingerprint density at radius 2 is 1.74 bits per heavy atom. The number of nitriles is 1. The lowest BCUT2D eigenvalue weighted by Gasteiger charge is -2.12. The molecule has 5 aromatic rings. The number of fused-ring (bicyclic) bond motifs is 1. The van der Waals surface area contributed by atoms with Gasteiger partial charge in [-0.25, -0.2) is 9.37 Å². The van der Waals surface area contributed by atoms with Gasteiger partial charge in [0.15, 0.2) is 5.58 Å². The van der Waals surface area contributed by atoms with Gasteiger partial charge in [-0.05, 0) is 35.9 Å². The number of rotatable bonds is 6. The summed E-state index contributed by atoms with van der Waals surface area (Å²) in [7, 11) is 0. The van der Waals surface area contributed by atoms with E-state index < -0.39 is 5.82 Å². The third kappa shape index (κ3) is 4.90. The number of hydrogen-bond donors (Lipinski definition) is 1. The summed E-state index contributed by atoms with van der Waals surface area (Å²) in [5.74, 6) is -0.789. The van der Waals surface area contributed by atoms with Crippen molar-refractivity contribution in [3.63, 3.8) is 0 Å². The number of thioether (sulfide) groups is 1. The van der Waals surface area contributed by atoms with E-state index in [0.717, 1.165) is 17.3 Å². The maximum absolute atomic E-state index is 14.0. The molecule has 0 aliphatic heterocycles. The van der Waals surface area contributed by atoms with Crippen molar-refractivity contribution in [2.75, 3.05) is 11.1 Å². The Labute approximate surface area is 204 Å². The van der Waals surface area contributed by atoms with E-state index in [4.69, 9.17) is 4.42 Å². The summed E-state index contributed by atoms with van der Waals surface area (Å²) in [5, 5.41) is 13.0. The molecule has 0 aliphatic carbocycles. The molecule has 0 radical (unpaired) electrons. The van der Waals surface area contributed by atoms with Gasteiger partial charge in [-0.2, -0.15) is 10.2 Å².